The molecule has 2 aliphatic rings. The largest absolute Gasteiger partial charge is 0.384 e. The number of aromatic amines is 1. The Balaban J connectivity index is 1.53. The molecule has 0 aromatic carbocycles. The summed E-state index contributed by atoms with van der Waals surface area (Å²) >= 11 is 0. The van der Waals surface area contributed by atoms with Crippen molar-refractivity contribution in [3.8, 4) is 11.5 Å². The predicted octanol–water partition coefficient (Wildman–Crippen LogP) is 4.24. The summed E-state index contributed by atoms with van der Waals surface area (Å²) in [5, 5.41) is 14.6. The van der Waals surface area contributed by atoms with Crippen molar-refractivity contribution in [3.63, 3.8) is 0 Å². The van der Waals surface area contributed by atoms with E-state index in [0.717, 1.165) is 40.6 Å². The van der Waals surface area contributed by atoms with Gasteiger partial charge in [-0.15, -0.1) is 0 Å². The van der Waals surface area contributed by atoms with Crippen LogP contribution in [0.25, 0.3) is 28.0 Å². The van der Waals surface area contributed by atoms with Crippen LogP contribution in [0, 0.1) is 5.92 Å². The summed E-state index contributed by atoms with van der Waals surface area (Å²) in [7, 11) is 0. The number of aromatic nitrogens is 5. The highest BCUT2D eigenvalue weighted by Crippen LogP contribution is 2.35. The van der Waals surface area contributed by atoms with Crippen molar-refractivity contribution in [2.24, 2.45) is 5.92 Å². The highest BCUT2D eigenvalue weighted by molar-refractivity contribution is 5.93. The van der Waals surface area contributed by atoms with E-state index >= 15 is 0 Å². The van der Waals surface area contributed by atoms with E-state index in [-0.39, 0.29) is 5.92 Å². The van der Waals surface area contributed by atoms with E-state index in [4.69, 9.17) is 4.98 Å². The predicted molar refractivity (Wildman–Crippen MR) is 120 cm³/mol. The number of allylic oxidation sites excluding steroid dienone is 2. The first-order chi connectivity index (χ1) is 15.1. The maximum atomic E-state index is 13.2. The van der Waals surface area contributed by atoms with Crippen LogP contribution in [0.3, 0.4) is 0 Å². The molecule has 8 heteroatoms. The molecule has 3 aromatic heterocycles. The zero-order valence-corrected chi connectivity index (χ0v) is 17.7. The zero-order valence-electron chi connectivity index (χ0n) is 17.7. The maximum absolute atomic E-state index is 13.2. The lowest BCUT2D eigenvalue weighted by molar-refractivity contribution is 0.450. The number of anilines is 1. The van der Waals surface area contributed by atoms with Gasteiger partial charge >= 0.3 is 0 Å². The van der Waals surface area contributed by atoms with E-state index in [1.165, 1.54) is 11.9 Å². The molecule has 5 rings (SSSR count). The van der Waals surface area contributed by atoms with Crippen LogP contribution < -0.4 is 10.6 Å². The van der Waals surface area contributed by atoms with Gasteiger partial charge in [-0.3, -0.25) is 5.10 Å². The molecule has 3 unspecified atom stereocenters. The fourth-order valence-corrected chi connectivity index (χ4v) is 4.04. The Morgan fingerprint density at radius 3 is 2.84 bits per heavy atom. The Kier molecular flexibility index (Phi) is 5.13. The molecular weight excluding hydrogens is 393 g/mol. The molecule has 0 bridgehead atoms. The number of rotatable bonds is 7. The molecule has 3 atom stereocenters. The molecule has 7 nitrogen and oxygen atoms in total. The lowest BCUT2D eigenvalue weighted by Crippen LogP contribution is -2.25. The Labute approximate surface area is 180 Å². The van der Waals surface area contributed by atoms with E-state index in [1.807, 2.05) is 12.3 Å². The van der Waals surface area contributed by atoms with Crippen molar-refractivity contribution >= 4 is 22.3 Å². The molecule has 0 radical (unpaired) electrons. The first-order valence-electron chi connectivity index (χ1n) is 10.8. The summed E-state index contributed by atoms with van der Waals surface area (Å²) in [5.74, 6) is 1.41. The zero-order chi connectivity index (χ0) is 21.4. The molecule has 1 saturated carbocycles. The fraction of sp³-hybridized carbons (Fsp3) is 0.391. The van der Waals surface area contributed by atoms with Gasteiger partial charge in [0.1, 0.15) is 24.0 Å². The third-order valence-corrected chi connectivity index (χ3v) is 5.93. The van der Waals surface area contributed by atoms with Crippen LogP contribution in [0.15, 0.2) is 42.5 Å². The average molecular weight is 420 g/mol. The van der Waals surface area contributed by atoms with Crippen LogP contribution in [0.4, 0.5) is 10.2 Å². The van der Waals surface area contributed by atoms with Gasteiger partial charge in [0.15, 0.2) is 5.82 Å². The molecule has 31 heavy (non-hydrogen) atoms. The normalized spacial score (nSPS) is 22.6. The molecule has 3 N–H and O–H groups in total. The van der Waals surface area contributed by atoms with Crippen molar-refractivity contribution in [3.05, 3.63) is 48.1 Å². The second-order valence-electron chi connectivity index (χ2n) is 8.34. The quantitative estimate of drug-likeness (QED) is 0.530. The summed E-state index contributed by atoms with van der Waals surface area (Å²) in [6.45, 7) is 4.91. The number of hydrogen-bond acceptors (Lipinski definition) is 6. The van der Waals surface area contributed by atoms with Crippen molar-refractivity contribution in [1.29, 1.82) is 0 Å². The third kappa shape index (κ3) is 4.02. The van der Waals surface area contributed by atoms with E-state index < -0.39 is 6.17 Å². The van der Waals surface area contributed by atoms with Gasteiger partial charge in [-0.25, -0.2) is 19.3 Å². The van der Waals surface area contributed by atoms with Gasteiger partial charge in [0, 0.05) is 53.5 Å². The number of fused-ring (bicyclic) bond motifs is 1. The number of halogens is 1. The molecule has 3 aromatic rings. The number of pyridine rings is 2. The van der Waals surface area contributed by atoms with Crippen molar-refractivity contribution in [2.45, 2.75) is 45.3 Å². The average Bonchev–Trinajstić information content (AvgIpc) is 3.23. The standard InChI is InChI=1S/C23H26FN7/c1-3-4-16-5-13(2)18(11-25-16)17-6-15-10-27-21(26-9-14-7-19(14)24)8-20(15)30-22(17)23-28-12-29-31-23/h5-6,8,10-12,14,16,19,25H,3-4,7,9H2,1-2H3,(H,26,27)(H,28,29,31). The fourth-order valence-electron chi connectivity index (χ4n) is 4.04. The van der Waals surface area contributed by atoms with Crippen molar-refractivity contribution in [2.75, 3.05) is 11.9 Å². The monoisotopic (exact) mass is 419 g/mol. The molecule has 0 spiro atoms. The topological polar surface area (TPSA) is 91.4 Å². The van der Waals surface area contributed by atoms with Crippen molar-refractivity contribution in [1.82, 2.24) is 30.5 Å². The van der Waals surface area contributed by atoms with Gasteiger partial charge < -0.3 is 10.6 Å². The van der Waals surface area contributed by atoms with Crippen LogP contribution in [0.2, 0.25) is 0 Å². The molecule has 4 heterocycles. The first kappa shape index (κ1) is 19.7. The van der Waals surface area contributed by atoms with Crippen LogP contribution in [-0.4, -0.2) is 43.9 Å². The van der Waals surface area contributed by atoms with Gasteiger partial charge in [-0.05, 0) is 31.4 Å². The highest BCUT2D eigenvalue weighted by atomic mass is 19.1. The number of dihydropyridines is 1. The minimum atomic E-state index is -0.683. The molecule has 1 aliphatic heterocycles. The maximum Gasteiger partial charge on any atom is 0.174 e. The summed E-state index contributed by atoms with van der Waals surface area (Å²) in [6, 6.07) is 4.35. The lowest BCUT2D eigenvalue weighted by Gasteiger charge is -2.23. The summed E-state index contributed by atoms with van der Waals surface area (Å²) in [6.07, 6.45) is 9.81. The van der Waals surface area contributed by atoms with Gasteiger partial charge in [0.05, 0.1) is 5.52 Å². The highest BCUT2D eigenvalue weighted by Gasteiger charge is 2.36. The summed E-state index contributed by atoms with van der Waals surface area (Å²) in [4.78, 5) is 13.8. The minimum Gasteiger partial charge on any atom is -0.384 e. The van der Waals surface area contributed by atoms with E-state index in [2.05, 4.69) is 63.0 Å². The van der Waals surface area contributed by atoms with Gasteiger partial charge in [-0.1, -0.05) is 19.4 Å². The molecule has 160 valence electrons. The summed E-state index contributed by atoms with van der Waals surface area (Å²) < 4.78 is 13.2. The first-order valence-corrected chi connectivity index (χ1v) is 10.8. The van der Waals surface area contributed by atoms with Crippen LogP contribution in [0.5, 0.6) is 0 Å². The summed E-state index contributed by atoms with van der Waals surface area (Å²) in [5.41, 5.74) is 4.80. The number of alkyl halides is 1. The molecule has 1 fully saturated rings. The van der Waals surface area contributed by atoms with E-state index in [0.29, 0.717) is 30.6 Å². The van der Waals surface area contributed by atoms with Gasteiger partial charge in [-0.2, -0.15) is 5.10 Å². The SMILES string of the molecule is CCCC1C=C(C)C(c2cc3cnc(NCC4CC4F)cc3nc2-c2ncn[nH]2)=CN1. The molecule has 0 amide bonds. The van der Waals surface area contributed by atoms with Crippen LogP contribution in [0.1, 0.15) is 38.7 Å². The van der Waals surface area contributed by atoms with Gasteiger partial charge in [0.2, 0.25) is 0 Å². The van der Waals surface area contributed by atoms with Crippen LogP contribution in [-0.2, 0) is 0 Å². The van der Waals surface area contributed by atoms with Gasteiger partial charge in [0.25, 0.3) is 0 Å². The number of nitrogens with one attached hydrogen (secondary N) is 3. The Hall–Kier alpha value is -3.29. The Bertz CT molecular complexity index is 1150. The Morgan fingerprint density at radius 2 is 2.13 bits per heavy atom. The number of hydrogen-bond donors (Lipinski definition) is 3. The lowest BCUT2D eigenvalue weighted by atomic mass is 9.92. The number of H-pyrrole nitrogens is 1. The molecule has 1 aliphatic carbocycles. The third-order valence-electron chi connectivity index (χ3n) is 5.93. The smallest absolute Gasteiger partial charge is 0.174 e. The number of nitrogens with zero attached hydrogens (tertiary/aromatic N) is 4. The molecular formula is C23H26FN7. The van der Waals surface area contributed by atoms with E-state index in [9.17, 15) is 4.39 Å². The van der Waals surface area contributed by atoms with Crippen LogP contribution >= 0.6 is 0 Å². The second-order valence-corrected chi connectivity index (χ2v) is 8.34. The molecule has 0 saturated heterocycles. The Morgan fingerprint density at radius 1 is 1.26 bits per heavy atom. The van der Waals surface area contributed by atoms with E-state index in [1.54, 1.807) is 0 Å². The minimum absolute atomic E-state index is 0.0922. The second kappa shape index (κ2) is 8.09. The van der Waals surface area contributed by atoms with Crippen molar-refractivity contribution < 1.29 is 4.39 Å².